The number of carboxylic acids is 1. The van der Waals surface area contributed by atoms with Crippen molar-refractivity contribution in [2.75, 3.05) is 6.54 Å². The summed E-state index contributed by atoms with van der Waals surface area (Å²) in [4.78, 5) is 51.0. The molecule has 0 aromatic heterocycles. The molecule has 5 unspecified atom stereocenters. The van der Waals surface area contributed by atoms with Gasteiger partial charge in [-0.25, -0.2) is 4.79 Å². The van der Waals surface area contributed by atoms with Crippen LogP contribution in [-0.4, -0.2) is 64.6 Å². The van der Waals surface area contributed by atoms with Gasteiger partial charge in [-0.05, 0) is 55.3 Å². The van der Waals surface area contributed by atoms with Crippen LogP contribution in [0.15, 0.2) is 24.3 Å². The Labute approximate surface area is 212 Å². The molecule has 10 heteroatoms. The van der Waals surface area contributed by atoms with Crippen LogP contribution >= 0.6 is 0 Å². The number of rotatable bonds is 13. The second-order valence-corrected chi connectivity index (χ2v) is 9.98. The lowest BCUT2D eigenvalue weighted by Crippen LogP contribution is -2.59. The number of aliphatic carboxylic acids is 1. The van der Waals surface area contributed by atoms with E-state index in [0.717, 1.165) is 18.5 Å². The number of carbonyl (C=O) groups excluding carboxylic acids is 3. The summed E-state index contributed by atoms with van der Waals surface area (Å²) >= 11 is 0. The van der Waals surface area contributed by atoms with Crippen LogP contribution in [-0.2, 0) is 25.6 Å². The topological polar surface area (TPSA) is 157 Å². The summed E-state index contributed by atoms with van der Waals surface area (Å²) in [5, 5.41) is 30.4. The average Bonchev–Trinajstić information content (AvgIpc) is 3.37. The number of hydrogen-bond donors (Lipinski definition) is 6. The molecule has 1 heterocycles. The van der Waals surface area contributed by atoms with Gasteiger partial charge >= 0.3 is 5.97 Å². The molecule has 1 aromatic rings. The minimum absolute atomic E-state index is 0.0529. The van der Waals surface area contributed by atoms with Crippen molar-refractivity contribution in [1.29, 1.82) is 0 Å². The third-order valence-electron chi connectivity index (χ3n) is 6.50. The van der Waals surface area contributed by atoms with E-state index >= 15 is 0 Å². The van der Waals surface area contributed by atoms with E-state index in [2.05, 4.69) is 21.3 Å². The van der Waals surface area contributed by atoms with Crippen molar-refractivity contribution in [3.63, 3.8) is 0 Å². The molecule has 0 bridgehead atoms. The van der Waals surface area contributed by atoms with Crippen molar-refractivity contribution in [2.45, 2.75) is 84.0 Å². The van der Waals surface area contributed by atoms with Crippen LogP contribution in [0.3, 0.4) is 0 Å². The Morgan fingerprint density at radius 3 is 2.19 bits per heavy atom. The van der Waals surface area contributed by atoms with Crippen LogP contribution in [0.2, 0.25) is 0 Å². The van der Waals surface area contributed by atoms with Crippen LogP contribution in [0.25, 0.3) is 0 Å². The molecule has 10 nitrogen and oxygen atoms in total. The molecular formula is C26H40N4O6. The second-order valence-electron chi connectivity index (χ2n) is 9.98. The zero-order chi connectivity index (χ0) is 26.8. The quantitative estimate of drug-likeness (QED) is 0.236. The highest BCUT2D eigenvalue weighted by molar-refractivity contribution is 5.94. The summed E-state index contributed by atoms with van der Waals surface area (Å²) in [6.45, 7) is 8.14. The van der Waals surface area contributed by atoms with Gasteiger partial charge in [0, 0.05) is 6.42 Å². The maximum Gasteiger partial charge on any atom is 0.326 e. The van der Waals surface area contributed by atoms with E-state index in [1.54, 1.807) is 19.1 Å². The highest BCUT2D eigenvalue weighted by atomic mass is 16.4. The highest BCUT2D eigenvalue weighted by Gasteiger charge is 2.33. The molecule has 36 heavy (non-hydrogen) atoms. The molecule has 6 N–H and O–H groups in total. The van der Waals surface area contributed by atoms with Crippen molar-refractivity contribution in [1.82, 2.24) is 21.3 Å². The van der Waals surface area contributed by atoms with Gasteiger partial charge in [-0.3, -0.25) is 14.4 Å². The van der Waals surface area contributed by atoms with Gasteiger partial charge in [-0.15, -0.1) is 0 Å². The molecule has 0 saturated carbocycles. The smallest absolute Gasteiger partial charge is 0.326 e. The summed E-state index contributed by atoms with van der Waals surface area (Å²) in [6.07, 6.45) is 2.52. The molecule has 1 fully saturated rings. The molecule has 0 radical (unpaired) electrons. The normalized spacial score (nSPS) is 18.6. The van der Waals surface area contributed by atoms with E-state index < -0.39 is 35.9 Å². The molecule has 1 aliphatic heterocycles. The van der Waals surface area contributed by atoms with Crippen molar-refractivity contribution >= 4 is 23.7 Å². The summed E-state index contributed by atoms with van der Waals surface area (Å²) in [5.41, 5.74) is 0.722. The minimum Gasteiger partial charge on any atom is -0.508 e. The maximum atomic E-state index is 13.4. The van der Waals surface area contributed by atoms with Gasteiger partial charge in [0.15, 0.2) is 0 Å². The molecule has 1 aromatic carbocycles. The monoisotopic (exact) mass is 504 g/mol. The molecule has 3 amide bonds. The van der Waals surface area contributed by atoms with Gasteiger partial charge in [0.25, 0.3) is 0 Å². The van der Waals surface area contributed by atoms with Crippen molar-refractivity contribution in [3.05, 3.63) is 29.8 Å². The molecule has 1 aliphatic rings. The Morgan fingerprint density at radius 1 is 1.00 bits per heavy atom. The van der Waals surface area contributed by atoms with Gasteiger partial charge in [-0.1, -0.05) is 46.2 Å². The van der Waals surface area contributed by atoms with E-state index in [1.165, 1.54) is 12.1 Å². The van der Waals surface area contributed by atoms with Crippen molar-refractivity contribution in [3.8, 4) is 5.75 Å². The summed E-state index contributed by atoms with van der Waals surface area (Å²) in [6, 6.07) is 2.94. The van der Waals surface area contributed by atoms with Crippen molar-refractivity contribution < 1.29 is 29.4 Å². The van der Waals surface area contributed by atoms with E-state index in [1.807, 2.05) is 20.8 Å². The maximum absolute atomic E-state index is 13.4. The number of carbonyl (C=O) groups is 4. The zero-order valence-electron chi connectivity index (χ0n) is 21.5. The van der Waals surface area contributed by atoms with E-state index in [9.17, 15) is 29.4 Å². The largest absolute Gasteiger partial charge is 0.508 e. The molecule has 2 rings (SSSR count). The number of phenols is 1. The molecule has 0 aliphatic carbocycles. The third-order valence-corrected chi connectivity index (χ3v) is 6.50. The number of benzene rings is 1. The lowest BCUT2D eigenvalue weighted by Gasteiger charge is -2.28. The number of hydrogen-bond acceptors (Lipinski definition) is 6. The Morgan fingerprint density at radius 2 is 1.67 bits per heavy atom. The first-order chi connectivity index (χ1) is 17.0. The first kappa shape index (κ1) is 29.1. The van der Waals surface area contributed by atoms with Crippen LogP contribution < -0.4 is 21.3 Å². The molecule has 5 atom stereocenters. The van der Waals surface area contributed by atoms with Crippen molar-refractivity contribution in [2.24, 2.45) is 11.8 Å². The Balaban J connectivity index is 2.21. The number of aromatic hydroxyl groups is 1. The van der Waals surface area contributed by atoms with Crippen LogP contribution in [0.4, 0.5) is 0 Å². The fourth-order valence-electron chi connectivity index (χ4n) is 4.17. The number of amides is 3. The fourth-order valence-corrected chi connectivity index (χ4v) is 4.17. The lowest BCUT2D eigenvalue weighted by atomic mass is 9.96. The SMILES string of the molecule is CCC(C)C(NC(=O)C(Cc1ccc(O)cc1)NC(=O)C1CCCN1)C(=O)NC(CC(C)C)C(=O)O. The van der Waals surface area contributed by atoms with E-state index in [4.69, 9.17) is 0 Å². The van der Waals surface area contributed by atoms with Gasteiger partial charge in [0.2, 0.25) is 17.7 Å². The average molecular weight is 505 g/mol. The third kappa shape index (κ3) is 8.82. The first-order valence-electron chi connectivity index (χ1n) is 12.7. The van der Waals surface area contributed by atoms with Gasteiger partial charge in [-0.2, -0.15) is 0 Å². The van der Waals surface area contributed by atoms with Gasteiger partial charge < -0.3 is 31.5 Å². The summed E-state index contributed by atoms with van der Waals surface area (Å²) in [7, 11) is 0. The summed E-state index contributed by atoms with van der Waals surface area (Å²) < 4.78 is 0. The number of carboxylic acid groups (broad SMARTS) is 1. The molecular weight excluding hydrogens is 464 g/mol. The number of nitrogens with one attached hydrogen (secondary N) is 4. The van der Waals surface area contributed by atoms with Gasteiger partial charge in [0.1, 0.15) is 23.9 Å². The Bertz CT molecular complexity index is 898. The van der Waals surface area contributed by atoms with Crippen LogP contribution in [0.5, 0.6) is 5.75 Å². The molecule has 0 spiro atoms. The van der Waals surface area contributed by atoms with Crippen LogP contribution in [0.1, 0.15) is 58.9 Å². The van der Waals surface area contributed by atoms with E-state index in [-0.39, 0.29) is 42.4 Å². The van der Waals surface area contributed by atoms with Crippen LogP contribution in [0, 0.1) is 11.8 Å². The minimum atomic E-state index is -1.13. The summed E-state index contributed by atoms with van der Waals surface area (Å²) in [5.74, 6) is -2.67. The predicted molar refractivity (Wildman–Crippen MR) is 135 cm³/mol. The Hall–Kier alpha value is -3.14. The molecule has 1 saturated heterocycles. The molecule has 200 valence electrons. The lowest BCUT2D eigenvalue weighted by molar-refractivity contribution is -0.143. The Kier molecular flexibility index (Phi) is 11.2. The highest BCUT2D eigenvalue weighted by Crippen LogP contribution is 2.14. The number of phenolic OH excluding ortho intramolecular Hbond substituents is 1. The fraction of sp³-hybridized carbons (Fsp3) is 0.615. The van der Waals surface area contributed by atoms with Gasteiger partial charge in [0.05, 0.1) is 6.04 Å². The standard InChI is InChI=1S/C26H40N4O6/c1-5-16(4)22(25(34)29-21(26(35)36)13-15(2)3)30-24(33)20(14-17-8-10-18(31)11-9-17)28-23(32)19-7-6-12-27-19/h8-11,15-16,19-22,27,31H,5-7,12-14H2,1-4H3,(H,28,32)(H,29,34)(H,30,33)(H,35,36). The second kappa shape index (κ2) is 13.8. The van der Waals surface area contributed by atoms with E-state index in [0.29, 0.717) is 12.8 Å². The predicted octanol–water partition coefficient (Wildman–Crippen LogP) is 1.32. The first-order valence-corrected chi connectivity index (χ1v) is 12.7. The zero-order valence-corrected chi connectivity index (χ0v) is 21.5.